The normalized spacial score (nSPS) is 31.5. The average molecular weight is 313 g/mol. The SMILES string of the molecule is CC(=O)N[C@@H]1C(Oc2ccccc2O)OC(CO)[C@H](O)C1O. The first-order chi connectivity index (χ1) is 10.4. The smallest absolute Gasteiger partial charge is 0.223 e. The molecule has 1 aliphatic rings. The fourth-order valence-corrected chi connectivity index (χ4v) is 2.25. The molecule has 0 spiro atoms. The quantitative estimate of drug-likeness (QED) is 0.468. The number of carbonyl (C=O) groups is 1. The van der Waals surface area contributed by atoms with E-state index in [9.17, 15) is 25.2 Å². The van der Waals surface area contributed by atoms with Crippen molar-refractivity contribution in [2.45, 2.75) is 37.6 Å². The van der Waals surface area contributed by atoms with Gasteiger partial charge in [-0.1, -0.05) is 12.1 Å². The van der Waals surface area contributed by atoms with Crippen LogP contribution in [0.4, 0.5) is 0 Å². The molecule has 5 atom stereocenters. The molecular formula is C14H19NO7. The standard InChI is InChI=1S/C14H19NO7/c1-7(17)15-11-13(20)12(19)10(6-16)22-14(11)21-9-5-3-2-4-8(9)18/h2-5,10-14,16,18-20H,6H2,1H3,(H,15,17)/t10?,11-,12-,13?,14?/m0/s1. The van der Waals surface area contributed by atoms with E-state index in [4.69, 9.17) is 9.47 Å². The number of hydrogen-bond acceptors (Lipinski definition) is 7. The molecule has 1 saturated heterocycles. The van der Waals surface area contributed by atoms with Gasteiger partial charge in [0.2, 0.25) is 12.2 Å². The van der Waals surface area contributed by atoms with Crippen LogP contribution in [0.5, 0.6) is 11.5 Å². The van der Waals surface area contributed by atoms with Crippen LogP contribution in [0.15, 0.2) is 24.3 Å². The first-order valence-corrected chi connectivity index (χ1v) is 6.78. The molecule has 1 aliphatic heterocycles. The predicted octanol–water partition coefficient (Wildman–Crippen LogP) is -1.29. The van der Waals surface area contributed by atoms with Gasteiger partial charge in [-0.15, -0.1) is 0 Å². The van der Waals surface area contributed by atoms with Crippen molar-refractivity contribution < 1.29 is 34.7 Å². The molecule has 0 bridgehead atoms. The Bertz CT molecular complexity index is 524. The molecule has 3 unspecified atom stereocenters. The Kier molecular flexibility index (Phi) is 5.19. The highest BCUT2D eigenvalue weighted by molar-refractivity contribution is 5.73. The summed E-state index contributed by atoms with van der Waals surface area (Å²) in [4.78, 5) is 11.3. The lowest BCUT2D eigenvalue weighted by Gasteiger charge is -2.42. The number of aromatic hydroxyl groups is 1. The fourth-order valence-electron chi connectivity index (χ4n) is 2.25. The van der Waals surface area contributed by atoms with Crippen molar-refractivity contribution in [3.63, 3.8) is 0 Å². The molecule has 1 fully saturated rings. The summed E-state index contributed by atoms with van der Waals surface area (Å²) >= 11 is 0. The van der Waals surface area contributed by atoms with Crippen LogP contribution in [-0.4, -0.2) is 63.6 Å². The summed E-state index contributed by atoms with van der Waals surface area (Å²) in [6.07, 6.45) is -5.04. The minimum Gasteiger partial charge on any atom is -0.504 e. The van der Waals surface area contributed by atoms with E-state index in [0.717, 1.165) is 0 Å². The molecule has 1 amide bonds. The fraction of sp³-hybridized carbons (Fsp3) is 0.500. The van der Waals surface area contributed by atoms with Crippen molar-refractivity contribution in [1.29, 1.82) is 0 Å². The van der Waals surface area contributed by atoms with Crippen LogP contribution < -0.4 is 10.1 Å². The average Bonchev–Trinajstić information content (AvgIpc) is 2.48. The Morgan fingerprint density at radius 1 is 1.32 bits per heavy atom. The molecule has 1 aromatic carbocycles. The van der Waals surface area contributed by atoms with Crippen LogP contribution in [0.25, 0.3) is 0 Å². The van der Waals surface area contributed by atoms with Gasteiger partial charge in [-0.05, 0) is 12.1 Å². The van der Waals surface area contributed by atoms with Crippen molar-refractivity contribution in [2.24, 2.45) is 0 Å². The Balaban J connectivity index is 2.23. The molecule has 8 heteroatoms. The number of benzene rings is 1. The number of amides is 1. The van der Waals surface area contributed by atoms with E-state index in [2.05, 4.69) is 5.32 Å². The summed E-state index contributed by atoms with van der Waals surface area (Å²) in [5.41, 5.74) is 0. The Morgan fingerprint density at radius 3 is 2.59 bits per heavy atom. The third-order valence-electron chi connectivity index (χ3n) is 3.36. The monoisotopic (exact) mass is 313 g/mol. The second-order valence-electron chi connectivity index (χ2n) is 5.02. The number of hydrogen-bond donors (Lipinski definition) is 5. The van der Waals surface area contributed by atoms with E-state index in [-0.39, 0.29) is 11.5 Å². The lowest BCUT2D eigenvalue weighted by atomic mass is 9.97. The molecule has 0 aliphatic carbocycles. The molecule has 0 aromatic heterocycles. The van der Waals surface area contributed by atoms with E-state index in [1.165, 1.54) is 19.1 Å². The number of carbonyl (C=O) groups excluding carboxylic acids is 1. The molecule has 8 nitrogen and oxygen atoms in total. The van der Waals surface area contributed by atoms with Crippen LogP contribution >= 0.6 is 0 Å². The van der Waals surface area contributed by atoms with Crippen molar-refractivity contribution >= 4 is 5.91 Å². The summed E-state index contributed by atoms with van der Waals surface area (Å²) in [5, 5.41) is 41.3. The third kappa shape index (κ3) is 3.47. The maximum absolute atomic E-state index is 11.3. The van der Waals surface area contributed by atoms with Gasteiger partial charge in [0.05, 0.1) is 6.61 Å². The van der Waals surface area contributed by atoms with Crippen molar-refractivity contribution in [3.05, 3.63) is 24.3 Å². The summed E-state index contributed by atoms with van der Waals surface area (Å²) in [6, 6.07) is 5.05. The number of nitrogens with one attached hydrogen (secondary N) is 1. The second-order valence-corrected chi connectivity index (χ2v) is 5.02. The minimum absolute atomic E-state index is 0.0862. The summed E-state index contributed by atoms with van der Waals surface area (Å²) < 4.78 is 10.9. The molecule has 0 radical (unpaired) electrons. The lowest BCUT2D eigenvalue weighted by Crippen LogP contribution is -2.65. The van der Waals surface area contributed by atoms with Crippen LogP contribution in [0.2, 0.25) is 0 Å². The maximum atomic E-state index is 11.3. The van der Waals surface area contributed by atoms with Crippen LogP contribution in [0.1, 0.15) is 6.92 Å². The van der Waals surface area contributed by atoms with E-state index in [1.807, 2.05) is 0 Å². The largest absolute Gasteiger partial charge is 0.504 e. The first-order valence-electron chi connectivity index (χ1n) is 6.78. The van der Waals surface area contributed by atoms with E-state index >= 15 is 0 Å². The van der Waals surface area contributed by atoms with Crippen molar-refractivity contribution in [2.75, 3.05) is 6.61 Å². The number of phenols is 1. The highest BCUT2D eigenvalue weighted by Gasteiger charge is 2.46. The zero-order chi connectivity index (χ0) is 16.3. The van der Waals surface area contributed by atoms with Crippen LogP contribution in [0.3, 0.4) is 0 Å². The van der Waals surface area contributed by atoms with Gasteiger partial charge in [-0.3, -0.25) is 4.79 Å². The number of aliphatic hydroxyl groups is 3. The Labute approximate surface area is 126 Å². The number of aliphatic hydroxyl groups excluding tert-OH is 3. The van der Waals surface area contributed by atoms with Gasteiger partial charge in [0.15, 0.2) is 11.5 Å². The summed E-state index contributed by atoms with van der Waals surface area (Å²) in [6.45, 7) is 0.708. The van der Waals surface area contributed by atoms with Gasteiger partial charge in [-0.25, -0.2) is 0 Å². The molecule has 1 aromatic rings. The predicted molar refractivity (Wildman–Crippen MR) is 74.1 cm³/mol. The molecule has 1 heterocycles. The van der Waals surface area contributed by atoms with E-state index < -0.39 is 43.2 Å². The highest BCUT2D eigenvalue weighted by atomic mass is 16.7. The number of phenolic OH excluding ortho intramolecular Hbond substituents is 1. The molecule has 122 valence electrons. The molecule has 5 N–H and O–H groups in total. The highest BCUT2D eigenvalue weighted by Crippen LogP contribution is 2.29. The van der Waals surface area contributed by atoms with Crippen molar-refractivity contribution in [1.82, 2.24) is 5.32 Å². The Morgan fingerprint density at radius 2 is 2.00 bits per heavy atom. The first kappa shape index (κ1) is 16.5. The topological polar surface area (TPSA) is 128 Å². The van der Waals surface area contributed by atoms with Gasteiger partial charge in [-0.2, -0.15) is 0 Å². The van der Waals surface area contributed by atoms with Crippen LogP contribution in [0, 0.1) is 0 Å². The third-order valence-corrected chi connectivity index (χ3v) is 3.36. The van der Waals surface area contributed by atoms with Crippen LogP contribution in [-0.2, 0) is 9.53 Å². The van der Waals surface area contributed by atoms with Gasteiger partial charge < -0.3 is 35.2 Å². The molecule has 0 saturated carbocycles. The van der Waals surface area contributed by atoms with Gasteiger partial charge in [0.25, 0.3) is 0 Å². The van der Waals surface area contributed by atoms with Gasteiger partial charge in [0.1, 0.15) is 24.4 Å². The van der Waals surface area contributed by atoms with Gasteiger partial charge in [0, 0.05) is 6.92 Å². The minimum atomic E-state index is -1.40. The summed E-state index contributed by atoms with van der Waals surface area (Å²) in [5.74, 6) is -0.509. The molecule has 2 rings (SSSR count). The summed E-state index contributed by atoms with van der Waals surface area (Å²) in [7, 11) is 0. The number of para-hydroxylation sites is 2. The molecule has 22 heavy (non-hydrogen) atoms. The zero-order valence-electron chi connectivity index (χ0n) is 11.9. The zero-order valence-corrected chi connectivity index (χ0v) is 11.9. The maximum Gasteiger partial charge on any atom is 0.223 e. The number of rotatable bonds is 4. The van der Waals surface area contributed by atoms with E-state index in [0.29, 0.717) is 0 Å². The lowest BCUT2D eigenvalue weighted by molar-refractivity contribution is -0.244. The van der Waals surface area contributed by atoms with Crippen molar-refractivity contribution in [3.8, 4) is 11.5 Å². The second kappa shape index (κ2) is 6.93. The molecular weight excluding hydrogens is 294 g/mol. The van der Waals surface area contributed by atoms with Gasteiger partial charge >= 0.3 is 0 Å². The Hall–Kier alpha value is -1.87. The number of ether oxygens (including phenoxy) is 2. The van der Waals surface area contributed by atoms with E-state index in [1.54, 1.807) is 12.1 Å².